The molecule has 0 spiro atoms. The summed E-state index contributed by atoms with van der Waals surface area (Å²) in [7, 11) is 0. The first-order valence-electron chi connectivity index (χ1n) is 8.13. The minimum atomic E-state index is 0.659. The molecule has 0 amide bonds. The quantitative estimate of drug-likeness (QED) is 0.799. The van der Waals surface area contributed by atoms with Crippen molar-refractivity contribution in [3.8, 4) is 11.5 Å². The minimum Gasteiger partial charge on any atom is -0.490 e. The lowest BCUT2D eigenvalue weighted by Gasteiger charge is -2.21. The van der Waals surface area contributed by atoms with Crippen LogP contribution in [0.5, 0.6) is 11.5 Å². The molecule has 1 aliphatic heterocycles. The van der Waals surface area contributed by atoms with E-state index < -0.39 is 0 Å². The molecular weight excluding hydrogens is 264 g/mol. The van der Waals surface area contributed by atoms with Gasteiger partial charge in [-0.2, -0.15) is 0 Å². The van der Waals surface area contributed by atoms with E-state index >= 15 is 0 Å². The second-order valence-corrected chi connectivity index (χ2v) is 5.41. The van der Waals surface area contributed by atoms with Gasteiger partial charge in [-0.1, -0.05) is 6.92 Å². The lowest BCUT2D eigenvalue weighted by atomic mass is 10.1. The van der Waals surface area contributed by atoms with Gasteiger partial charge in [-0.15, -0.1) is 0 Å². The monoisotopic (exact) mass is 292 g/mol. The molecule has 1 heterocycles. The maximum Gasteiger partial charge on any atom is 0.163 e. The van der Waals surface area contributed by atoms with Crippen LogP contribution in [0.1, 0.15) is 27.2 Å². The summed E-state index contributed by atoms with van der Waals surface area (Å²) in [4.78, 5) is 2.44. The second-order valence-electron chi connectivity index (χ2n) is 5.41. The normalized spacial score (nSPS) is 18.0. The smallest absolute Gasteiger partial charge is 0.163 e. The van der Waals surface area contributed by atoms with Crippen LogP contribution in [-0.4, -0.2) is 39.4 Å². The Bertz CT molecular complexity index is 437. The average molecular weight is 292 g/mol. The van der Waals surface area contributed by atoms with Crippen LogP contribution in [0.2, 0.25) is 0 Å². The van der Waals surface area contributed by atoms with Crippen molar-refractivity contribution in [2.24, 2.45) is 5.92 Å². The van der Waals surface area contributed by atoms with E-state index in [0.29, 0.717) is 13.2 Å². The molecule has 2 rings (SSSR count). The number of hydrogen-bond donors (Lipinski definition) is 1. The van der Waals surface area contributed by atoms with E-state index in [2.05, 4.69) is 29.3 Å². The highest BCUT2D eigenvalue weighted by Crippen LogP contribution is 2.34. The third-order valence-electron chi connectivity index (χ3n) is 3.86. The van der Waals surface area contributed by atoms with Gasteiger partial charge in [-0.25, -0.2) is 0 Å². The molecule has 118 valence electrons. The highest BCUT2D eigenvalue weighted by molar-refractivity contribution is 5.57. The van der Waals surface area contributed by atoms with Crippen molar-refractivity contribution in [2.75, 3.05) is 44.3 Å². The summed E-state index contributed by atoms with van der Waals surface area (Å²) in [5.41, 5.74) is 1.24. The molecule has 1 aliphatic rings. The van der Waals surface area contributed by atoms with Gasteiger partial charge in [0.15, 0.2) is 11.5 Å². The van der Waals surface area contributed by atoms with E-state index in [9.17, 15) is 0 Å². The zero-order valence-corrected chi connectivity index (χ0v) is 13.5. The fraction of sp³-hybridized carbons (Fsp3) is 0.647. The van der Waals surface area contributed by atoms with Crippen LogP contribution >= 0.6 is 0 Å². The molecule has 1 aromatic carbocycles. The van der Waals surface area contributed by atoms with Crippen LogP contribution in [0.4, 0.5) is 5.69 Å². The molecule has 0 saturated carbocycles. The summed E-state index contributed by atoms with van der Waals surface area (Å²) >= 11 is 0. The van der Waals surface area contributed by atoms with E-state index in [1.807, 2.05) is 19.9 Å². The van der Waals surface area contributed by atoms with E-state index in [1.165, 1.54) is 12.1 Å². The fourth-order valence-corrected chi connectivity index (χ4v) is 2.82. The zero-order chi connectivity index (χ0) is 15.1. The topological polar surface area (TPSA) is 33.7 Å². The Morgan fingerprint density at radius 2 is 1.90 bits per heavy atom. The van der Waals surface area contributed by atoms with Gasteiger partial charge in [0.2, 0.25) is 0 Å². The number of ether oxygens (including phenoxy) is 2. The number of hydrogen-bond acceptors (Lipinski definition) is 4. The first-order valence-corrected chi connectivity index (χ1v) is 8.13. The van der Waals surface area contributed by atoms with E-state index in [4.69, 9.17) is 9.47 Å². The Morgan fingerprint density at radius 1 is 1.14 bits per heavy atom. The summed E-state index contributed by atoms with van der Waals surface area (Å²) < 4.78 is 11.3. The van der Waals surface area contributed by atoms with E-state index in [1.54, 1.807) is 0 Å². The standard InChI is InChI=1S/C17H28N2O2/c1-4-18-12-14-9-10-19(13-14)15-7-8-16(20-5-2)17(11-15)21-6-3/h7-8,11,14,18H,4-6,9-10,12-13H2,1-3H3. The lowest BCUT2D eigenvalue weighted by molar-refractivity contribution is 0.288. The maximum absolute atomic E-state index is 5.72. The van der Waals surface area contributed by atoms with Gasteiger partial charge >= 0.3 is 0 Å². The third-order valence-corrected chi connectivity index (χ3v) is 3.86. The molecule has 0 bridgehead atoms. The molecule has 1 N–H and O–H groups in total. The van der Waals surface area contributed by atoms with Crippen molar-refractivity contribution in [2.45, 2.75) is 27.2 Å². The summed E-state index contributed by atoms with van der Waals surface area (Å²) in [6.45, 7) is 11.9. The van der Waals surface area contributed by atoms with Gasteiger partial charge < -0.3 is 19.7 Å². The predicted octanol–water partition coefficient (Wildman–Crippen LogP) is 2.92. The third kappa shape index (κ3) is 4.27. The van der Waals surface area contributed by atoms with Gasteiger partial charge in [-0.05, 0) is 51.4 Å². The second kappa shape index (κ2) is 8.13. The first-order chi connectivity index (χ1) is 10.3. The van der Waals surface area contributed by atoms with Crippen molar-refractivity contribution in [1.82, 2.24) is 5.32 Å². The van der Waals surface area contributed by atoms with Crippen LogP contribution < -0.4 is 19.7 Å². The van der Waals surface area contributed by atoms with Gasteiger partial charge in [-0.3, -0.25) is 0 Å². The number of benzene rings is 1. The Morgan fingerprint density at radius 3 is 2.62 bits per heavy atom. The molecule has 1 saturated heterocycles. The number of anilines is 1. The average Bonchev–Trinajstić information content (AvgIpc) is 2.96. The molecule has 0 aliphatic carbocycles. The van der Waals surface area contributed by atoms with Crippen molar-refractivity contribution in [1.29, 1.82) is 0 Å². The van der Waals surface area contributed by atoms with Crippen molar-refractivity contribution in [3.63, 3.8) is 0 Å². The molecule has 1 fully saturated rings. The molecule has 4 heteroatoms. The summed E-state index contributed by atoms with van der Waals surface area (Å²) in [5, 5.41) is 3.45. The molecule has 0 radical (unpaired) electrons. The minimum absolute atomic E-state index is 0.659. The van der Waals surface area contributed by atoms with Crippen molar-refractivity contribution in [3.05, 3.63) is 18.2 Å². The highest BCUT2D eigenvalue weighted by Gasteiger charge is 2.23. The Labute approximate surface area is 128 Å². The van der Waals surface area contributed by atoms with Crippen LogP contribution in [0.15, 0.2) is 18.2 Å². The Hall–Kier alpha value is -1.42. The molecule has 4 nitrogen and oxygen atoms in total. The van der Waals surface area contributed by atoms with E-state index in [0.717, 1.165) is 43.6 Å². The van der Waals surface area contributed by atoms with Crippen LogP contribution in [0, 0.1) is 5.92 Å². The van der Waals surface area contributed by atoms with E-state index in [-0.39, 0.29) is 0 Å². The van der Waals surface area contributed by atoms with Crippen molar-refractivity contribution >= 4 is 5.69 Å². The molecule has 1 aromatic rings. The van der Waals surface area contributed by atoms with Gasteiger partial charge in [0, 0.05) is 24.8 Å². The fourth-order valence-electron chi connectivity index (χ4n) is 2.82. The number of nitrogens with zero attached hydrogens (tertiary/aromatic N) is 1. The van der Waals surface area contributed by atoms with Crippen LogP contribution in [0.25, 0.3) is 0 Å². The molecule has 1 atom stereocenters. The Balaban J connectivity index is 2.04. The molecular formula is C17H28N2O2. The zero-order valence-electron chi connectivity index (χ0n) is 13.5. The lowest BCUT2D eigenvalue weighted by Crippen LogP contribution is -2.26. The predicted molar refractivity (Wildman–Crippen MR) is 87.6 cm³/mol. The summed E-state index contributed by atoms with van der Waals surface area (Å²) in [6, 6.07) is 6.29. The molecule has 0 aromatic heterocycles. The molecule has 1 unspecified atom stereocenters. The van der Waals surface area contributed by atoms with Crippen LogP contribution in [0.3, 0.4) is 0 Å². The number of rotatable bonds is 8. The van der Waals surface area contributed by atoms with Crippen molar-refractivity contribution < 1.29 is 9.47 Å². The van der Waals surface area contributed by atoms with Gasteiger partial charge in [0.25, 0.3) is 0 Å². The summed E-state index contributed by atoms with van der Waals surface area (Å²) in [6.07, 6.45) is 1.25. The Kier molecular flexibility index (Phi) is 6.18. The number of nitrogens with one attached hydrogen (secondary N) is 1. The largest absolute Gasteiger partial charge is 0.490 e. The SMILES string of the molecule is CCNCC1CCN(c2ccc(OCC)c(OCC)c2)C1. The maximum atomic E-state index is 5.72. The summed E-state index contributed by atoms with van der Waals surface area (Å²) in [5.74, 6) is 2.44. The van der Waals surface area contributed by atoms with Crippen LogP contribution in [-0.2, 0) is 0 Å². The first kappa shape index (κ1) is 16.0. The van der Waals surface area contributed by atoms with Gasteiger partial charge in [0.05, 0.1) is 13.2 Å². The van der Waals surface area contributed by atoms with Gasteiger partial charge in [0.1, 0.15) is 0 Å². The highest BCUT2D eigenvalue weighted by atomic mass is 16.5. The molecule has 21 heavy (non-hydrogen) atoms.